The van der Waals surface area contributed by atoms with E-state index in [9.17, 15) is 0 Å². The second kappa shape index (κ2) is 3.00. The van der Waals surface area contributed by atoms with Gasteiger partial charge in [-0.2, -0.15) is 0 Å². The molecule has 7 aliphatic carbocycles. The summed E-state index contributed by atoms with van der Waals surface area (Å²) in [4.78, 5) is 0. The second-order valence-electron chi connectivity index (χ2n) is 10.00. The monoisotopic (exact) mass is 275 g/mol. The van der Waals surface area contributed by atoms with Gasteiger partial charge in [-0.05, 0) is 78.9 Å². The van der Waals surface area contributed by atoms with Crippen molar-refractivity contribution in [3.05, 3.63) is 0 Å². The van der Waals surface area contributed by atoms with Gasteiger partial charge in [-0.25, -0.2) is 0 Å². The van der Waals surface area contributed by atoms with Crippen LogP contribution in [0.3, 0.4) is 0 Å². The van der Waals surface area contributed by atoms with E-state index in [2.05, 4.69) is 13.8 Å². The molecule has 112 valence electrons. The van der Waals surface area contributed by atoms with E-state index in [1.54, 1.807) is 0 Å². The highest BCUT2D eigenvalue weighted by Gasteiger charge is 2.77. The summed E-state index contributed by atoms with van der Waals surface area (Å²) in [7, 11) is 0. The molecule has 0 spiro atoms. The molecule has 8 bridgehead atoms. The number of nitrogens with two attached hydrogens (primary N) is 3. The Balaban J connectivity index is 1.74. The average Bonchev–Trinajstić information content (AvgIpc) is 2.31. The molecule has 7 aliphatic rings. The number of hydrogen-bond donors (Lipinski definition) is 3. The number of hydrogen-bond acceptors (Lipinski definition) is 3. The van der Waals surface area contributed by atoms with E-state index in [0.29, 0.717) is 22.7 Å². The molecule has 7 fully saturated rings. The lowest BCUT2D eigenvalue weighted by atomic mass is 9.25. The van der Waals surface area contributed by atoms with E-state index in [4.69, 9.17) is 17.2 Å². The lowest BCUT2D eigenvalue weighted by Crippen LogP contribution is -2.83. The van der Waals surface area contributed by atoms with Crippen LogP contribution in [0, 0.1) is 45.8 Å². The minimum atomic E-state index is -0.982. The first-order valence-electron chi connectivity index (χ1n) is 8.54. The molecule has 0 aromatic rings. The van der Waals surface area contributed by atoms with Crippen molar-refractivity contribution >= 4 is 0 Å². The summed E-state index contributed by atoms with van der Waals surface area (Å²) in [5, 5.41) is 0. The minimum Gasteiger partial charge on any atom is -0.301 e. The zero-order chi connectivity index (χ0) is 14.1. The Morgan fingerprint density at radius 1 is 0.750 bits per heavy atom. The van der Waals surface area contributed by atoms with Gasteiger partial charge >= 0.3 is 0 Å². The summed E-state index contributed by atoms with van der Waals surface area (Å²) in [6.07, 6.45) is 8.16. The SMILES string of the molecule is CC12CC3C4CC5(C)CC3C(C1)C(C(N)(N)N)(C5)C4C2. The highest BCUT2D eigenvalue weighted by atomic mass is 15.2. The molecule has 7 saturated carbocycles. The Labute approximate surface area is 122 Å². The van der Waals surface area contributed by atoms with Gasteiger partial charge in [0, 0.05) is 5.41 Å². The van der Waals surface area contributed by atoms with Crippen molar-refractivity contribution in [2.75, 3.05) is 0 Å². The topological polar surface area (TPSA) is 78.1 Å². The van der Waals surface area contributed by atoms with Crippen molar-refractivity contribution in [2.45, 2.75) is 58.2 Å². The first-order chi connectivity index (χ1) is 9.18. The maximum Gasteiger partial charge on any atom is 0.122 e. The van der Waals surface area contributed by atoms with Gasteiger partial charge in [0.2, 0.25) is 0 Å². The van der Waals surface area contributed by atoms with E-state index in [0.717, 1.165) is 17.8 Å². The molecule has 0 aliphatic heterocycles. The third-order valence-electron chi connectivity index (χ3n) is 8.59. The third kappa shape index (κ3) is 1.11. The van der Waals surface area contributed by atoms with E-state index in [-0.39, 0.29) is 5.41 Å². The molecule has 20 heavy (non-hydrogen) atoms. The van der Waals surface area contributed by atoms with Crippen LogP contribution in [-0.2, 0) is 0 Å². The van der Waals surface area contributed by atoms with Gasteiger partial charge in [0.05, 0.1) is 0 Å². The van der Waals surface area contributed by atoms with E-state index < -0.39 is 5.79 Å². The van der Waals surface area contributed by atoms with Crippen LogP contribution in [0.4, 0.5) is 0 Å². The van der Waals surface area contributed by atoms with Crippen LogP contribution in [0.2, 0.25) is 0 Å². The van der Waals surface area contributed by atoms with Crippen LogP contribution in [0.5, 0.6) is 0 Å². The van der Waals surface area contributed by atoms with Crippen LogP contribution in [0.1, 0.15) is 52.4 Å². The summed E-state index contributed by atoms with van der Waals surface area (Å²) in [5.41, 5.74) is 20.4. The van der Waals surface area contributed by atoms with Crippen LogP contribution >= 0.6 is 0 Å². The maximum absolute atomic E-state index is 6.44. The standard InChI is InChI=1S/C17H29N3/c1-14-3-9-10-4-15(2)5-11(9)13(7-14)16(8-15,12(10)6-14)17(18,19)20/h9-13H,3-8,18-20H2,1-2H3. The van der Waals surface area contributed by atoms with Gasteiger partial charge in [-0.1, -0.05) is 13.8 Å². The summed E-state index contributed by atoms with van der Waals surface area (Å²) in [5.74, 6) is 3.12. The smallest absolute Gasteiger partial charge is 0.122 e. The summed E-state index contributed by atoms with van der Waals surface area (Å²) in [6.45, 7) is 5.00. The summed E-state index contributed by atoms with van der Waals surface area (Å²) < 4.78 is 0. The van der Waals surface area contributed by atoms with E-state index in [1.807, 2.05) is 0 Å². The van der Waals surface area contributed by atoms with Crippen molar-refractivity contribution in [1.29, 1.82) is 0 Å². The van der Waals surface area contributed by atoms with Crippen molar-refractivity contribution in [3.63, 3.8) is 0 Å². The fourth-order valence-electron chi connectivity index (χ4n) is 8.52. The molecule has 3 heteroatoms. The van der Waals surface area contributed by atoms with Crippen LogP contribution in [0.25, 0.3) is 0 Å². The summed E-state index contributed by atoms with van der Waals surface area (Å²) in [6, 6.07) is 0. The van der Waals surface area contributed by atoms with Gasteiger partial charge in [0.15, 0.2) is 0 Å². The highest BCUT2D eigenvalue weighted by molar-refractivity contribution is 5.26. The van der Waals surface area contributed by atoms with Crippen molar-refractivity contribution in [1.82, 2.24) is 0 Å². The van der Waals surface area contributed by atoms with Crippen molar-refractivity contribution in [2.24, 2.45) is 63.0 Å². The Morgan fingerprint density at radius 2 is 1.25 bits per heavy atom. The van der Waals surface area contributed by atoms with Crippen LogP contribution < -0.4 is 17.2 Å². The normalized spacial score (nSPS) is 66.2. The molecule has 7 rings (SSSR count). The fraction of sp³-hybridized carbons (Fsp3) is 1.00. The Hall–Kier alpha value is -0.120. The Morgan fingerprint density at radius 3 is 1.75 bits per heavy atom. The Kier molecular flexibility index (Phi) is 1.86. The van der Waals surface area contributed by atoms with Crippen LogP contribution in [-0.4, -0.2) is 5.79 Å². The first kappa shape index (κ1) is 12.4. The predicted octanol–water partition coefficient (Wildman–Crippen LogP) is 2.00. The molecule has 0 radical (unpaired) electrons. The third-order valence-corrected chi connectivity index (χ3v) is 8.59. The molecule has 0 aromatic carbocycles. The predicted molar refractivity (Wildman–Crippen MR) is 79.1 cm³/mol. The molecular weight excluding hydrogens is 246 g/mol. The maximum atomic E-state index is 6.44. The Bertz CT molecular complexity index is 467. The second-order valence-corrected chi connectivity index (χ2v) is 10.00. The van der Waals surface area contributed by atoms with Gasteiger partial charge in [0.25, 0.3) is 0 Å². The lowest BCUT2D eigenvalue weighted by Gasteiger charge is -2.80. The zero-order valence-electron chi connectivity index (χ0n) is 12.9. The largest absolute Gasteiger partial charge is 0.301 e. The lowest BCUT2D eigenvalue weighted by molar-refractivity contribution is -0.314. The molecule has 4 unspecified atom stereocenters. The highest BCUT2D eigenvalue weighted by Crippen LogP contribution is 2.81. The first-order valence-corrected chi connectivity index (χ1v) is 8.54. The molecule has 0 aromatic heterocycles. The van der Waals surface area contributed by atoms with Crippen molar-refractivity contribution in [3.8, 4) is 0 Å². The van der Waals surface area contributed by atoms with Gasteiger partial charge in [0.1, 0.15) is 5.79 Å². The zero-order valence-corrected chi connectivity index (χ0v) is 12.9. The molecular formula is C17H29N3. The van der Waals surface area contributed by atoms with Gasteiger partial charge < -0.3 is 17.2 Å². The minimum absolute atomic E-state index is 0.0318. The van der Waals surface area contributed by atoms with E-state index in [1.165, 1.54) is 38.5 Å². The quantitative estimate of drug-likeness (QED) is 0.641. The number of rotatable bonds is 1. The average molecular weight is 275 g/mol. The molecule has 4 atom stereocenters. The fourth-order valence-corrected chi connectivity index (χ4v) is 8.52. The van der Waals surface area contributed by atoms with Crippen LogP contribution in [0.15, 0.2) is 0 Å². The van der Waals surface area contributed by atoms with Gasteiger partial charge in [-0.3, -0.25) is 0 Å². The molecule has 6 N–H and O–H groups in total. The molecule has 3 nitrogen and oxygen atoms in total. The summed E-state index contributed by atoms with van der Waals surface area (Å²) >= 11 is 0. The molecule has 0 amide bonds. The van der Waals surface area contributed by atoms with Crippen molar-refractivity contribution < 1.29 is 0 Å². The van der Waals surface area contributed by atoms with E-state index >= 15 is 0 Å². The molecule has 0 saturated heterocycles. The van der Waals surface area contributed by atoms with Gasteiger partial charge in [-0.15, -0.1) is 0 Å². The molecule has 0 heterocycles.